The first-order valence-electron chi connectivity index (χ1n) is 13.2. The van der Waals surface area contributed by atoms with Crippen molar-refractivity contribution in [2.45, 2.75) is 18.9 Å². The number of carbonyl (C=O) groups excluding carboxylic acids is 1. The highest BCUT2D eigenvalue weighted by Crippen LogP contribution is 2.46. The van der Waals surface area contributed by atoms with Crippen molar-refractivity contribution in [2.24, 2.45) is 5.41 Å². The van der Waals surface area contributed by atoms with Crippen LogP contribution in [0.1, 0.15) is 34.8 Å². The van der Waals surface area contributed by atoms with Crippen LogP contribution >= 0.6 is 11.8 Å². The van der Waals surface area contributed by atoms with E-state index in [0.29, 0.717) is 41.9 Å². The van der Waals surface area contributed by atoms with Gasteiger partial charge in [-0.25, -0.2) is 13.8 Å². The molecule has 4 saturated heterocycles. The molecule has 1 spiro atoms. The number of morpholine rings is 1. The van der Waals surface area contributed by atoms with Crippen LogP contribution in [-0.2, 0) is 4.74 Å². The molecule has 1 aromatic heterocycles. The summed E-state index contributed by atoms with van der Waals surface area (Å²) in [6, 6.07) is 7.26. The van der Waals surface area contributed by atoms with Gasteiger partial charge in [-0.15, -0.1) is 0 Å². The first-order chi connectivity index (χ1) is 18.5. The predicted molar refractivity (Wildman–Crippen MR) is 144 cm³/mol. The van der Waals surface area contributed by atoms with E-state index in [4.69, 9.17) is 14.7 Å². The Hall–Kier alpha value is -2.98. The Bertz CT molecular complexity index is 1380. The molecule has 0 saturated carbocycles. The summed E-state index contributed by atoms with van der Waals surface area (Å²) in [6.45, 7) is 5.00. The molecule has 38 heavy (non-hydrogen) atoms. The molecule has 0 bridgehead atoms. The van der Waals surface area contributed by atoms with Crippen LogP contribution in [0.2, 0.25) is 0 Å². The van der Waals surface area contributed by atoms with Crippen molar-refractivity contribution in [2.75, 3.05) is 67.2 Å². The van der Waals surface area contributed by atoms with E-state index < -0.39 is 11.6 Å². The van der Waals surface area contributed by atoms with E-state index in [1.165, 1.54) is 12.1 Å². The van der Waals surface area contributed by atoms with Gasteiger partial charge in [-0.1, -0.05) is 0 Å². The van der Waals surface area contributed by atoms with Crippen molar-refractivity contribution in [1.82, 2.24) is 14.9 Å². The minimum atomic E-state index is -0.602. The summed E-state index contributed by atoms with van der Waals surface area (Å²) in [5.41, 5.74) is 3.67. The van der Waals surface area contributed by atoms with Gasteiger partial charge in [-0.05, 0) is 37.1 Å². The molecular formula is C28H29F2N5O2S. The van der Waals surface area contributed by atoms with Gasteiger partial charge in [0.1, 0.15) is 17.5 Å². The second-order valence-electron chi connectivity index (χ2n) is 10.9. The van der Waals surface area contributed by atoms with E-state index in [0.717, 1.165) is 73.5 Å². The number of hydrogen-bond donors (Lipinski definition) is 0. The molecular weight excluding hydrogens is 508 g/mol. The number of benzene rings is 2. The van der Waals surface area contributed by atoms with Gasteiger partial charge in [0.25, 0.3) is 5.91 Å². The highest BCUT2D eigenvalue weighted by molar-refractivity contribution is 8.00. The quantitative estimate of drug-likeness (QED) is 0.493. The van der Waals surface area contributed by atoms with Crippen LogP contribution in [0, 0.1) is 17.0 Å². The highest BCUT2D eigenvalue weighted by Gasteiger charge is 2.50. The molecule has 7 rings (SSSR count). The number of amides is 1. The molecule has 2 aromatic carbocycles. The van der Waals surface area contributed by atoms with Gasteiger partial charge >= 0.3 is 0 Å². The SMILES string of the molecule is O=C(c1cc(C2CCCN2c2cc(F)cc(F)c2)c2nc(N3CCOCC3)cnc2c1)N1CC2(CSC2)C1. The van der Waals surface area contributed by atoms with Crippen LogP contribution in [0.4, 0.5) is 20.3 Å². The fourth-order valence-corrected chi connectivity index (χ4v) is 7.37. The topological polar surface area (TPSA) is 61.8 Å². The molecule has 0 radical (unpaired) electrons. The molecule has 0 N–H and O–H groups in total. The van der Waals surface area contributed by atoms with Crippen LogP contribution in [0.15, 0.2) is 36.5 Å². The number of aromatic nitrogens is 2. The zero-order valence-electron chi connectivity index (χ0n) is 21.0. The van der Waals surface area contributed by atoms with E-state index in [9.17, 15) is 13.6 Å². The van der Waals surface area contributed by atoms with E-state index in [1.54, 1.807) is 6.20 Å². The number of rotatable bonds is 4. The fraction of sp³-hybridized carbons (Fsp3) is 0.464. The molecule has 0 aliphatic carbocycles. The maximum Gasteiger partial charge on any atom is 0.253 e. The summed E-state index contributed by atoms with van der Waals surface area (Å²) >= 11 is 1.94. The Morgan fingerprint density at radius 3 is 2.50 bits per heavy atom. The molecule has 1 unspecified atom stereocenters. The van der Waals surface area contributed by atoms with Crippen molar-refractivity contribution >= 4 is 40.2 Å². The Kier molecular flexibility index (Phi) is 5.92. The summed E-state index contributed by atoms with van der Waals surface area (Å²) in [5.74, 6) is 1.82. The van der Waals surface area contributed by atoms with Gasteiger partial charge in [0, 0.05) is 72.5 Å². The number of fused-ring (bicyclic) bond motifs is 1. The molecule has 1 amide bonds. The minimum absolute atomic E-state index is 0.0103. The van der Waals surface area contributed by atoms with Crippen molar-refractivity contribution in [1.29, 1.82) is 0 Å². The highest BCUT2D eigenvalue weighted by atomic mass is 32.2. The lowest BCUT2D eigenvalue weighted by atomic mass is 9.82. The van der Waals surface area contributed by atoms with Gasteiger partial charge in [-0.2, -0.15) is 11.8 Å². The summed E-state index contributed by atoms with van der Waals surface area (Å²) < 4.78 is 33.8. The predicted octanol–water partition coefficient (Wildman–Crippen LogP) is 4.28. The maximum absolute atomic E-state index is 14.2. The molecule has 198 valence electrons. The number of likely N-dealkylation sites (tertiary alicyclic amines) is 1. The van der Waals surface area contributed by atoms with Crippen molar-refractivity contribution in [3.63, 3.8) is 0 Å². The van der Waals surface area contributed by atoms with Crippen LogP contribution in [0.25, 0.3) is 11.0 Å². The average molecular weight is 538 g/mol. The van der Waals surface area contributed by atoms with E-state index >= 15 is 0 Å². The van der Waals surface area contributed by atoms with Crippen LogP contribution in [-0.4, -0.2) is 78.2 Å². The first kappa shape index (κ1) is 24.1. The van der Waals surface area contributed by atoms with Gasteiger partial charge in [0.15, 0.2) is 0 Å². The van der Waals surface area contributed by atoms with Gasteiger partial charge < -0.3 is 19.4 Å². The molecule has 3 aromatic rings. The maximum atomic E-state index is 14.2. The third-order valence-electron chi connectivity index (χ3n) is 8.19. The normalized spacial score (nSPS) is 22.6. The number of thioether (sulfide) groups is 1. The monoisotopic (exact) mass is 537 g/mol. The zero-order valence-corrected chi connectivity index (χ0v) is 21.9. The second-order valence-corrected chi connectivity index (χ2v) is 11.9. The number of carbonyl (C=O) groups is 1. The zero-order chi connectivity index (χ0) is 25.9. The number of hydrogen-bond acceptors (Lipinski definition) is 7. The van der Waals surface area contributed by atoms with Gasteiger partial charge in [0.2, 0.25) is 0 Å². The second kappa shape index (κ2) is 9.34. The molecule has 1 atom stereocenters. The van der Waals surface area contributed by atoms with Crippen LogP contribution in [0.3, 0.4) is 0 Å². The third kappa shape index (κ3) is 4.18. The van der Waals surface area contributed by atoms with E-state index in [-0.39, 0.29) is 11.9 Å². The molecule has 5 heterocycles. The van der Waals surface area contributed by atoms with E-state index in [2.05, 4.69) is 4.90 Å². The Balaban J connectivity index is 1.30. The lowest BCUT2D eigenvalue weighted by molar-refractivity contribution is 0.0231. The molecule has 10 heteroatoms. The van der Waals surface area contributed by atoms with Crippen molar-refractivity contribution in [3.05, 3.63) is 59.3 Å². The fourth-order valence-electron chi connectivity index (χ4n) is 6.22. The number of nitrogens with zero attached hydrogens (tertiary/aromatic N) is 5. The molecule has 4 aliphatic rings. The minimum Gasteiger partial charge on any atom is -0.378 e. The number of anilines is 2. The molecule has 4 fully saturated rings. The van der Waals surface area contributed by atoms with Crippen molar-refractivity contribution in [3.8, 4) is 0 Å². The Labute approximate surface area is 224 Å². The largest absolute Gasteiger partial charge is 0.378 e. The van der Waals surface area contributed by atoms with Crippen LogP contribution in [0.5, 0.6) is 0 Å². The number of halogens is 2. The van der Waals surface area contributed by atoms with Crippen molar-refractivity contribution < 1.29 is 18.3 Å². The van der Waals surface area contributed by atoms with Gasteiger partial charge in [0.05, 0.1) is 36.5 Å². The summed E-state index contributed by atoms with van der Waals surface area (Å²) in [7, 11) is 0. The summed E-state index contributed by atoms with van der Waals surface area (Å²) in [6.07, 6.45) is 3.42. The molecule has 7 nitrogen and oxygen atoms in total. The van der Waals surface area contributed by atoms with Crippen LogP contribution < -0.4 is 9.80 Å². The Morgan fingerprint density at radius 2 is 1.79 bits per heavy atom. The van der Waals surface area contributed by atoms with E-state index in [1.807, 2.05) is 33.7 Å². The Morgan fingerprint density at radius 1 is 1.03 bits per heavy atom. The third-order valence-corrected chi connectivity index (χ3v) is 9.83. The van der Waals surface area contributed by atoms with Gasteiger partial charge in [-0.3, -0.25) is 9.78 Å². The summed E-state index contributed by atoms with van der Waals surface area (Å²) in [5, 5.41) is 0. The molecule has 4 aliphatic heterocycles. The summed E-state index contributed by atoms with van der Waals surface area (Å²) in [4.78, 5) is 29.5. The smallest absolute Gasteiger partial charge is 0.253 e. The lowest BCUT2D eigenvalue weighted by Gasteiger charge is -2.55. The first-order valence-corrected chi connectivity index (χ1v) is 14.4. The lowest BCUT2D eigenvalue weighted by Crippen LogP contribution is -2.64. The number of ether oxygens (including phenoxy) is 1. The average Bonchev–Trinajstić information content (AvgIpc) is 3.36. The standard InChI is InChI=1S/C28H29F2N5O2S/c29-19-10-20(30)12-21(11-19)35-3-1-2-24(35)22-8-18(27(36)34-14-28(15-34)16-38-17-28)9-23-26(22)32-25(13-31-23)33-4-6-37-7-5-33/h8-13,24H,1-7,14-17H2.